The molecule has 0 bridgehead atoms. The molecule has 2 rings (SSSR count). The Bertz CT molecular complexity index is 516. The maximum Gasteiger partial charge on any atom is 0.307 e. The van der Waals surface area contributed by atoms with Crippen molar-refractivity contribution in [2.45, 2.75) is 64.5 Å². The number of nitrogens with one attached hydrogen (secondary N) is 2. The molecule has 1 saturated carbocycles. The smallest absolute Gasteiger partial charge is 0.307 e. The second-order valence-electron chi connectivity index (χ2n) is 6.04. The summed E-state index contributed by atoms with van der Waals surface area (Å²) in [5.41, 5.74) is 0.929. The van der Waals surface area contributed by atoms with Gasteiger partial charge in [0, 0.05) is 43.2 Å². The normalized spacial score (nSPS) is 16.4. The molecule has 1 aliphatic carbocycles. The minimum atomic E-state index is 0.0140. The van der Waals surface area contributed by atoms with Crippen LogP contribution in [0.3, 0.4) is 0 Å². The molecular weight excluding hydrogens is 298 g/mol. The van der Waals surface area contributed by atoms with Gasteiger partial charge in [-0.2, -0.15) is 0 Å². The van der Waals surface area contributed by atoms with Gasteiger partial charge in [0.05, 0.1) is 0 Å². The summed E-state index contributed by atoms with van der Waals surface area (Å²) in [4.78, 5) is 23.4. The number of rotatable bonds is 7. The van der Waals surface area contributed by atoms with Crippen LogP contribution in [0.2, 0.25) is 0 Å². The van der Waals surface area contributed by atoms with Gasteiger partial charge in [-0.1, -0.05) is 37.0 Å². The largest absolute Gasteiger partial charge is 0.355 e. The van der Waals surface area contributed by atoms with Crippen molar-refractivity contribution < 1.29 is 4.79 Å². The third-order valence-corrected chi connectivity index (χ3v) is 5.16. The summed E-state index contributed by atoms with van der Waals surface area (Å²) in [6, 6.07) is 0.617. The Kier molecular flexibility index (Phi) is 7.12. The highest BCUT2D eigenvalue weighted by Gasteiger charge is 2.11. The van der Waals surface area contributed by atoms with Crippen LogP contribution in [0.5, 0.6) is 0 Å². The molecule has 0 unspecified atom stereocenters. The fourth-order valence-electron chi connectivity index (χ4n) is 2.94. The van der Waals surface area contributed by atoms with Gasteiger partial charge in [0.2, 0.25) is 5.91 Å². The zero-order chi connectivity index (χ0) is 15.8. The molecule has 1 aromatic heterocycles. The Morgan fingerprint density at radius 2 is 2.00 bits per heavy atom. The molecule has 6 heteroatoms. The standard InChI is InChI=1S/C16H27N3O2S/c1-13-12-22-16(21)19(13)11-8-15(20)18-10-9-17-14-6-4-2-3-5-7-14/h12,14,17H,2-11H2,1H3,(H,18,20). The molecule has 0 aliphatic heterocycles. The van der Waals surface area contributed by atoms with Crippen molar-refractivity contribution in [1.82, 2.24) is 15.2 Å². The van der Waals surface area contributed by atoms with Crippen molar-refractivity contribution in [3.63, 3.8) is 0 Å². The maximum absolute atomic E-state index is 11.8. The molecular formula is C16H27N3O2S. The minimum Gasteiger partial charge on any atom is -0.355 e. The lowest BCUT2D eigenvalue weighted by atomic mass is 10.1. The third-order valence-electron chi connectivity index (χ3n) is 4.27. The third kappa shape index (κ3) is 5.57. The van der Waals surface area contributed by atoms with Crippen LogP contribution in [-0.4, -0.2) is 29.6 Å². The van der Waals surface area contributed by atoms with Crippen LogP contribution in [0.15, 0.2) is 10.2 Å². The van der Waals surface area contributed by atoms with Crippen LogP contribution < -0.4 is 15.5 Å². The minimum absolute atomic E-state index is 0.0140. The van der Waals surface area contributed by atoms with Crippen LogP contribution in [0, 0.1) is 6.92 Å². The number of carbonyl (C=O) groups is 1. The average molecular weight is 325 g/mol. The number of carbonyl (C=O) groups excluding carboxylic acids is 1. The Balaban J connectivity index is 1.58. The number of aryl methyl sites for hydroxylation is 1. The van der Waals surface area contributed by atoms with E-state index >= 15 is 0 Å². The van der Waals surface area contributed by atoms with E-state index in [1.165, 1.54) is 49.9 Å². The molecule has 1 heterocycles. The number of hydrogen-bond acceptors (Lipinski definition) is 4. The van der Waals surface area contributed by atoms with Crippen molar-refractivity contribution in [2.75, 3.05) is 13.1 Å². The Hall–Kier alpha value is -1.14. The van der Waals surface area contributed by atoms with E-state index in [9.17, 15) is 9.59 Å². The molecule has 22 heavy (non-hydrogen) atoms. The molecule has 5 nitrogen and oxygen atoms in total. The molecule has 1 fully saturated rings. The highest BCUT2D eigenvalue weighted by molar-refractivity contribution is 7.07. The zero-order valence-corrected chi connectivity index (χ0v) is 14.2. The average Bonchev–Trinajstić information content (AvgIpc) is 2.71. The molecule has 2 N–H and O–H groups in total. The summed E-state index contributed by atoms with van der Waals surface area (Å²) in [7, 11) is 0. The van der Waals surface area contributed by atoms with Crippen molar-refractivity contribution >= 4 is 17.2 Å². The first-order chi connectivity index (χ1) is 10.7. The SMILES string of the molecule is Cc1csc(=O)n1CCC(=O)NCCNC1CCCCCC1. The summed E-state index contributed by atoms with van der Waals surface area (Å²) in [6.45, 7) is 3.85. The van der Waals surface area contributed by atoms with E-state index in [1.807, 2.05) is 12.3 Å². The first kappa shape index (κ1) is 17.2. The molecule has 0 saturated heterocycles. The first-order valence-corrected chi connectivity index (χ1v) is 9.20. The number of aromatic nitrogens is 1. The van der Waals surface area contributed by atoms with Gasteiger partial charge in [-0.05, 0) is 19.8 Å². The molecule has 0 atom stereocenters. The summed E-state index contributed by atoms with van der Waals surface area (Å²) >= 11 is 1.19. The Morgan fingerprint density at radius 1 is 1.27 bits per heavy atom. The van der Waals surface area contributed by atoms with Crippen LogP contribution >= 0.6 is 11.3 Å². The van der Waals surface area contributed by atoms with E-state index in [0.717, 1.165) is 12.2 Å². The lowest BCUT2D eigenvalue weighted by molar-refractivity contribution is -0.121. The van der Waals surface area contributed by atoms with E-state index in [2.05, 4.69) is 10.6 Å². The summed E-state index contributed by atoms with van der Waals surface area (Å²) in [5.74, 6) is 0.0140. The maximum atomic E-state index is 11.8. The molecule has 1 amide bonds. The van der Waals surface area contributed by atoms with Crippen LogP contribution in [0.4, 0.5) is 0 Å². The molecule has 0 radical (unpaired) electrons. The quantitative estimate of drug-likeness (QED) is 0.596. The molecule has 1 aliphatic rings. The van der Waals surface area contributed by atoms with Gasteiger partial charge >= 0.3 is 4.87 Å². The highest BCUT2D eigenvalue weighted by Crippen LogP contribution is 2.16. The summed E-state index contributed by atoms with van der Waals surface area (Å²) in [5, 5.41) is 8.29. The van der Waals surface area contributed by atoms with Gasteiger partial charge in [-0.3, -0.25) is 9.59 Å². The Morgan fingerprint density at radius 3 is 2.64 bits per heavy atom. The predicted molar refractivity (Wildman–Crippen MR) is 90.4 cm³/mol. The second kappa shape index (κ2) is 9.10. The molecule has 0 spiro atoms. The van der Waals surface area contributed by atoms with E-state index in [0.29, 0.717) is 25.6 Å². The molecule has 1 aromatic rings. The van der Waals surface area contributed by atoms with Crippen molar-refractivity contribution in [3.05, 3.63) is 20.7 Å². The van der Waals surface area contributed by atoms with E-state index in [-0.39, 0.29) is 10.8 Å². The van der Waals surface area contributed by atoms with E-state index < -0.39 is 0 Å². The number of nitrogens with zero attached hydrogens (tertiary/aromatic N) is 1. The van der Waals surface area contributed by atoms with Gasteiger partial charge in [0.15, 0.2) is 0 Å². The van der Waals surface area contributed by atoms with Crippen molar-refractivity contribution in [2.24, 2.45) is 0 Å². The van der Waals surface area contributed by atoms with Gasteiger partial charge in [-0.25, -0.2) is 0 Å². The van der Waals surface area contributed by atoms with Gasteiger partial charge < -0.3 is 15.2 Å². The predicted octanol–water partition coefficient (Wildman–Crippen LogP) is 2.04. The lowest BCUT2D eigenvalue weighted by Crippen LogP contribution is -2.37. The first-order valence-electron chi connectivity index (χ1n) is 8.32. The second-order valence-corrected chi connectivity index (χ2v) is 6.86. The Labute approximate surface area is 136 Å². The van der Waals surface area contributed by atoms with Crippen LogP contribution in [0.25, 0.3) is 0 Å². The van der Waals surface area contributed by atoms with Crippen LogP contribution in [-0.2, 0) is 11.3 Å². The fourth-order valence-corrected chi connectivity index (χ4v) is 3.70. The highest BCUT2D eigenvalue weighted by atomic mass is 32.1. The van der Waals surface area contributed by atoms with Gasteiger partial charge in [0.25, 0.3) is 0 Å². The monoisotopic (exact) mass is 325 g/mol. The van der Waals surface area contributed by atoms with Crippen LogP contribution in [0.1, 0.15) is 50.6 Å². The molecule has 124 valence electrons. The molecule has 0 aromatic carbocycles. The zero-order valence-electron chi connectivity index (χ0n) is 13.4. The van der Waals surface area contributed by atoms with E-state index in [4.69, 9.17) is 0 Å². The topological polar surface area (TPSA) is 63.1 Å². The van der Waals surface area contributed by atoms with Gasteiger partial charge in [-0.15, -0.1) is 0 Å². The fraction of sp³-hybridized carbons (Fsp3) is 0.750. The van der Waals surface area contributed by atoms with Crippen molar-refractivity contribution in [3.8, 4) is 0 Å². The summed E-state index contributed by atoms with van der Waals surface area (Å²) < 4.78 is 1.66. The number of thiazole rings is 1. The number of amides is 1. The van der Waals surface area contributed by atoms with Crippen molar-refractivity contribution in [1.29, 1.82) is 0 Å². The van der Waals surface area contributed by atoms with Gasteiger partial charge in [0.1, 0.15) is 0 Å². The lowest BCUT2D eigenvalue weighted by Gasteiger charge is -2.16. The van der Waals surface area contributed by atoms with E-state index in [1.54, 1.807) is 4.57 Å². The summed E-state index contributed by atoms with van der Waals surface area (Å²) in [6.07, 6.45) is 8.23. The number of hydrogen-bond donors (Lipinski definition) is 2.